The fourth-order valence-corrected chi connectivity index (χ4v) is 17.3. The van der Waals surface area contributed by atoms with Crippen molar-refractivity contribution in [3.63, 3.8) is 0 Å². The Labute approximate surface area is 652 Å². The van der Waals surface area contributed by atoms with Crippen LogP contribution in [0.15, 0.2) is 211 Å². The number of Topliss-reactive ketones (excluding diaryl/α,β-unsaturated/α-hetero) is 2. The summed E-state index contributed by atoms with van der Waals surface area (Å²) < 4.78 is 52.3. The average Bonchev–Trinajstić information content (AvgIpc) is 1.51. The molecule has 108 heavy (non-hydrogen) atoms. The number of hydrogen-bond donors (Lipinski definition) is 3. The molecule has 3 N–H and O–H groups in total. The van der Waals surface area contributed by atoms with Gasteiger partial charge in [0.2, 0.25) is 11.4 Å². The van der Waals surface area contributed by atoms with Crippen LogP contribution in [-0.2, 0) is 71.8 Å². The van der Waals surface area contributed by atoms with Crippen molar-refractivity contribution in [2.75, 3.05) is 49.8 Å². The summed E-state index contributed by atoms with van der Waals surface area (Å²) in [6.45, 7) is 13.5. The number of carbonyl (C=O) groups is 4. The van der Waals surface area contributed by atoms with Gasteiger partial charge >= 0.3 is 47.6 Å². The molecular weight excluding hydrogens is 1380 g/mol. The number of ether oxygens (including phenoxy) is 9. The number of fused-ring (bicyclic) bond motifs is 10. The molecule has 19 nitrogen and oxygen atoms in total. The first-order valence-electron chi connectivity index (χ1n) is 34.0. The first-order valence-corrected chi connectivity index (χ1v) is 34.0. The van der Waals surface area contributed by atoms with Crippen LogP contribution in [0.5, 0.6) is 40.2 Å². The number of hydrogen-bond acceptors (Lipinski definition) is 19. The van der Waals surface area contributed by atoms with Crippen molar-refractivity contribution in [1.29, 1.82) is 0 Å². The summed E-state index contributed by atoms with van der Waals surface area (Å²) in [4.78, 5) is 70.9. The molecule has 0 amide bonds. The fraction of sp³-hybridized carbons (Fsp3) is 0.307. The SMILES string of the molecule is C.C.COC(=O)C1=C(C)[C@]2(O)c3c(C)cc(C)cc3O[C@]2(c2ccc(OC)cc2)[C@H]1c1ccccc1.COC(=O)[C@@H]1C(=O)[C@]2(O)c3c(C)cc(C)cc3O[C@]2(c2ccc(OC)cc2)[C@H]1c1ccccc1.COc1cc(OC)c2c(c1)O[C@@]1(c3ccc(C)cc3)C(=O)[C@]2(O)[C@@H](C)[C@@H]1c1ccccc1.C[O-].O=C=O.[Na+]. The summed E-state index contributed by atoms with van der Waals surface area (Å²) >= 11 is 0. The maximum absolute atomic E-state index is 14.2. The molecule has 20 heteroatoms. The van der Waals surface area contributed by atoms with Crippen LogP contribution in [0.4, 0.5) is 0 Å². The maximum Gasteiger partial charge on any atom is 1.00 e. The van der Waals surface area contributed by atoms with Crippen molar-refractivity contribution in [2.24, 2.45) is 11.8 Å². The molecule has 2 fully saturated rings. The fourth-order valence-electron chi connectivity index (χ4n) is 17.3. The van der Waals surface area contributed by atoms with Gasteiger partial charge in [0.15, 0.2) is 33.8 Å². The second-order valence-corrected chi connectivity index (χ2v) is 26.9. The minimum Gasteiger partial charge on any atom is -0.857 e. The minimum atomic E-state index is -2.10. The van der Waals surface area contributed by atoms with Crippen molar-refractivity contribution >= 4 is 29.7 Å². The number of aliphatic hydroxyl groups is 3. The third-order valence-electron chi connectivity index (χ3n) is 21.5. The molecule has 3 heterocycles. The van der Waals surface area contributed by atoms with E-state index >= 15 is 0 Å². The molecule has 2 saturated carbocycles. The Morgan fingerprint density at radius 3 is 1.35 bits per heavy atom. The zero-order valence-electron chi connectivity index (χ0n) is 61.8. The molecule has 0 saturated heterocycles. The third-order valence-corrected chi connectivity index (χ3v) is 21.5. The van der Waals surface area contributed by atoms with E-state index in [1.807, 2.05) is 212 Å². The van der Waals surface area contributed by atoms with Gasteiger partial charge in [-0.2, -0.15) is 16.7 Å². The van der Waals surface area contributed by atoms with Gasteiger partial charge in [-0.3, -0.25) is 14.4 Å². The zero-order valence-corrected chi connectivity index (χ0v) is 63.8. The molecule has 15 rings (SSSR count). The molecule has 3 aliphatic carbocycles. The van der Waals surface area contributed by atoms with Crippen LogP contribution in [0.1, 0.15) is 124 Å². The van der Waals surface area contributed by atoms with Crippen molar-refractivity contribution in [3.8, 4) is 40.2 Å². The molecule has 0 aromatic heterocycles. The molecule has 0 radical (unpaired) electrons. The van der Waals surface area contributed by atoms with E-state index in [0.717, 1.165) is 57.2 Å². The van der Waals surface area contributed by atoms with Crippen LogP contribution in [0.2, 0.25) is 0 Å². The predicted octanol–water partition coefficient (Wildman–Crippen LogP) is 10.2. The second-order valence-electron chi connectivity index (χ2n) is 26.9. The van der Waals surface area contributed by atoms with Crippen molar-refractivity contribution in [1.82, 2.24) is 0 Å². The number of benzene rings is 9. The van der Waals surface area contributed by atoms with E-state index in [9.17, 15) is 34.5 Å². The van der Waals surface area contributed by atoms with Gasteiger partial charge in [0.1, 0.15) is 46.2 Å². The Bertz CT molecular complexity index is 4850. The van der Waals surface area contributed by atoms with Crippen LogP contribution < -0.4 is 67.8 Å². The van der Waals surface area contributed by atoms with E-state index in [1.54, 1.807) is 57.7 Å². The van der Waals surface area contributed by atoms with Gasteiger partial charge in [0.05, 0.1) is 65.6 Å². The molecule has 558 valence electrons. The number of ketones is 2. The van der Waals surface area contributed by atoms with E-state index in [0.29, 0.717) is 79.2 Å². The Balaban J connectivity index is 0.000000195. The number of carbonyl (C=O) groups excluding carboxylic acids is 6. The van der Waals surface area contributed by atoms with Crippen LogP contribution in [0, 0.1) is 46.5 Å². The average molecular weight is 1480 g/mol. The number of esters is 2. The van der Waals surface area contributed by atoms with E-state index in [4.69, 9.17) is 57.3 Å². The number of aryl methyl sites for hydroxylation is 5. The molecule has 9 aromatic rings. The third kappa shape index (κ3) is 12.7. The summed E-state index contributed by atoms with van der Waals surface area (Å²) in [5.74, 6) is -2.08. The molecule has 2 bridgehead atoms. The van der Waals surface area contributed by atoms with Crippen LogP contribution in [-0.4, -0.2) is 94.7 Å². The van der Waals surface area contributed by atoms with Crippen molar-refractivity contribution < 1.29 is 121 Å². The number of rotatable bonds is 12. The van der Waals surface area contributed by atoms with Gasteiger partial charge in [-0.05, 0) is 122 Å². The van der Waals surface area contributed by atoms with Gasteiger partial charge in [0.25, 0.3) is 0 Å². The zero-order chi connectivity index (χ0) is 75.9. The summed E-state index contributed by atoms with van der Waals surface area (Å²) in [6.07, 6.45) is 0.250. The van der Waals surface area contributed by atoms with Crippen LogP contribution in [0.25, 0.3) is 0 Å². The van der Waals surface area contributed by atoms with Gasteiger partial charge in [0, 0.05) is 51.8 Å². The second kappa shape index (κ2) is 32.7. The maximum atomic E-state index is 14.2. The summed E-state index contributed by atoms with van der Waals surface area (Å²) in [5.41, 5.74) is 1.85. The Morgan fingerprint density at radius 1 is 0.472 bits per heavy atom. The monoisotopic (exact) mass is 1470 g/mol. The quantitative estimate of drug-likeness (QED) is 0.0583. The molecule has 3 aliphatic heterocycles. The molecular formula is C88H91NaO19. The Kier molecular flexibility index (Phi) is 25.3. The van der Waals surface area contributed by atoms with Gasteiger partial charge < -0.3 is 63.1 Å². The molecule has 9 aromatic carbocycles. The topological polar surface area (TPSA) is 269 Å². The molecule has 0 unspecified atom stereocenters. The Morgan fingerprint density at radius 2 is 0.898 bits per heavy atom. The standard InChI is InChI=1S/C29H28O5.C28H26O6.C27H26O5.CO2.CH3O.2CH4.Na/c1-17-15-18(2)25-23(16-17)34-29(21-11-13-22(32-4)14-12-21)26(20-9-7-6-8-10-20)24(27(30)33-5)19(3)28(25,29)31;1-16-14-17(2)23-21(15-16)34-28(19-10-12-20(32-3)13-11-19)24(18-8-6-5-7-9-18)22(26(30)33-4)25(29)27(23,28)31;1-16-10-12-19(13-11-16)27-23(18-8-6-5-7-9-18)17(2)26(29,25(27)28)24-21(31-4)14-20(30-3)15-22(24)32-27;2-1-3;1-2;;;/h6-16,26,31H,1-5H3;5-15,22,24,31H,1-4H3;5-15,17,23,29H,1-4H3;;1H3;2*1H4;/q;;;;-1;;;+1/t26-,28-,29+;22-,24-,27+,28+;17-,23+,26-,27+;;;;;/m000...../s1. The molecule has 11 atom stereocenters. The van der Waals surface area contributed by atoms with Gasteiger partial charge in [-0.15, -0.1) is 0 Å². The predicted molar refractivity (Wildman–Crippen MR) is 398 cm³/mol. The summed E-state index contributed by atoms with van der Waals surface area (Å²) in [5, 5.41) is 45.7. The largest absolute Gasteiger partial charge is 1.00 e. The Hall–Kier alpha value is -10.2. The number of methoxy groups -OCH3 is 6. The first-order chi connectivity index (χ1) is 50.4. The van der Waals surface area contributed by atoms with E-state index in [-0.39, 0.29) is 56.3 Å². The van der Waals surface area contributed by atoms with Crippen molar-refractivity contribution in [3.05, 3.63) is 289 Å². The molecule has 0 spiro atoms. The van der Waals surface area contributed by atoms with E-state index in [1.165, 1.54) is 21.3 Å². The summed E-state index contributed by atoms with van der Waals surface area (Å²) in [6, 6.07) is 62.2. The first kappa shape index (κ1) is 83.5. The van der Waals surface area contributed by atoms with E-state index < -0.39 is 80.9 Å². The smallest absolute Gasteiger partial charge is 0.857 e. The molecule has 6 aliphatic rings. The van der Waals surface area contributed by atoms with Gasteiger partial charge in [-0.25, -0.2) is 4.79 Å². The van der Waals surface area contributed by atoms with E-state index in [2.05, 4.69) is 0 Å². The van der Waals surface area contributed by atoms with Crippen LogP contribution in [0.3, 0.4) is 0 Å². The van der Waals surface area contributed by atoms with Gasteiger partial charge in [-0.1, -0.05) is 179 Å². The summed E-state index contributed by atoms with van der Waals surface area (Å²) in [7, 11) is 9.62. The van der Waals surface area contributed by atoms with Crippen molar-refractivity contribution in [2.45, 2.75) is 115 Å². The minimum absolute atomic E-state index is 0. The normalized spacial score (nSPS) is 24.8. The van der Waals surface area contributed by atoms with Crippen LogP contribution >= 0.6 is 0 Å².